The van der Waals surface area contributed by atoms with E-state index >= 15 is 0 Å². The number of nitrogens with two attached hydrogens (primary N) is 1. The lowest BCUT2D eigenvalue weighted by molar-refractivity contribution is -0.117. The van der Waals surface area contributed by atoms with E-state index in [1.54, 1.807) is 12.1 Å². The third kappa shape index (κ3) is 3.76. The van der Waals surface area contributed by atoms with Crippen molar-refractivity contribution in [2.24, 2.45) is 5.73 Å². The van der Waals surface area contributed by atoms with Crippen molar-refractivity contribution in [3.8, 4) is 0 Å². The molecule has 1 aromatic carbocycles. The van der Waals surface area contributed by atoms with E-state index < -0.39 is 0 Å². The summed E-state index contributed by atoms with van der Waals surface area (Å²) < 4.78 is 0. The number of halogens is 1. The molecule has 68 valence electrons. The molecule has 1 aromatic rings. The van der Waals surface area contributed by atoms with Crippen molar-refractivity contribution < 1.29 is 4.79 Å². The highest BCUT2D eigenvalue weighted by Gasteiger charge is 1.90. The Bertz CT molecular complexity index is 333. The molecule has 1 rings (SSSR count). The summed E-state index contributed by atoms with van der Waals surface area (Å²) in [6, 6.07) is 7.38. The van der Waals surface area contributed by atoms with Crippen LogP contribution >= 0.6 is 11.6 Å². The topological polar surface area (TPSA) is 43.1 Å². The molecule has 0 aliphatic heterocycles. The van der Waals surface area contributed by atoms with Gasteiger partial charge in [0.25, 0.3) is 0 Å². The Kier molecular flexibility index (Phi) is 3.53. The largest absolute Gasteiger partial charge is 0.369 e. The first-order valence-corrected chi connectivity index (χ1v) is 4.26. The van der Waals surface area contributed by atoms with Crippen LogP contribution in [-0.4, -0.2) is 5.91 Å². The fourth-order valence-corrected chi connectivity index (χ4v) is 1.12. The standard InChI is InChI=1S/C10H10ClNO/c11-9-5-1-3-8(7-9)4-2-6-10(12)13/h1-5,7H,6H2,(H2,12,13). The molecule has 2 nitrogen and oxygen atoms in total. The third-order valence-electron chi connectivity index (χ3n) is 1.48. The molecule has 0 spiro atoms. The molecule has 0 aliphatic rings. The van der Waals surface area contributed by atoms with Gasteiger partial charge in [-0.1, -0.05) is 35.9 Å². The van der Waals surface area contributed by atoms with Crippen LogP contribution in [0.25, 0.3) is 6.08 Å². The van der Waals surface area contributed by atoms with E-state index in [9.17, 15) is 4.79 Å². The van der Waals surface area contributed by atoms with Crippen molar-refractivity contribution in [2.75, 3.05) is 0 Å². The maximum Gasteiger partial charge on any atom is 0.221 e. The average Bonchev–Trinajstić information content (AvgIpc) is 2.03. The van der Waals surface area contributed by atoms with Crippen LogP contribution in [0.2, 0.25) is 5.02 Å². The van der Waals surface area contributed by atoms with E-state index in [0.29, 0.717) is 5.02 Å². The minimum atomic E-state index is -0.335. The maximum absolute atomic E-state index is 10.4. The SMILES string of the molecule is NC(=O)CC=Cc1cccc(Cl)c1. The predicted molar refractivity (Wildman–Crippen MR) is 54.3 cm³/mol. The maximum atomic E-state index is 10.4. The lowest BCUT2D eigenvalue weighted by atomic mass is 10.2. The van der Waals surface area contributed by atoms with Gasteiger partial charge >= 0.3 is 0 Å². The Morgan fingerprint density at radius 3 is 2.92 bits per heavy atom. The molecule has 0 saturated carbocycles. The highest BCUT2D eigenvalue weighted by atomic mass is 35.5. The van der Waals surface area contributed by atoms with Crippen molar-refractivity contribution in [1.82, 2.24) is 0 Å². The van der Waals surface area contributed by atoms with Gasteiger partial charge < -0.3 is 5.73 Å². The summed E-state index contributed by atoms with van der Waals surface area (Å²) in [6.07, 6.45) is 3.79. The highest BCUT2D eigenvalue weighted by molar-refractivity contribution is 6.30. The van der Waals surface area contributed by atoms with Gasteiger partial charge in [-0.3, -0.25) is 4.79 Å². The molecule has 0 atom stereocenters. The zero-order valence-electron chi connectivity index (χ0n) is 7.03. The second-order valence-corrected chi connectivity index (χ2v) is 3.06. The van der Waals surface area contributed by atoms with Crippen molar-refractivity contribution in [1.29, 1.82) is 0 Å². The van der Waals surface area contributed by atoms with E-state index in [-0.39, 0.29) is 12.3 Å². The molecule has 0 aromatic heterocycles. The van der Waals surface area contributed by atoms with Crippen LogP contribution in [0.15, 0.2) is 30.3 Å². The van der Waals surface area contributed by atoms with Crippen LogP contribution in [-0.2, 0) is 4.79 Å². The lowest BCUT2D eigenvalue weighted by Gasteiger charge is -1.93. The smallest absolute Gasteiger partial charge is 0.221 e. The van der Waals surface area contributed by atoms with Crippen LogP contribution < -0.4 is 5.73 Å². The molecule has 1 amide bonds. The summed E-state index contributed by atoms with van der Waals surface area (Å²) in [6.45, 7) is 0. The third-order valence-corrected chi connectivity index (χ3v) is 1.71. The summed E-state index contributed by atoms with van der Waals surface area (Å²) >= 11 is 5.76. The minimum absolute atomic E-state index is 0.256. The van der Waals surface area contributed by atoms with Gasteiger partial charge in [0, 0.05) is 11.4 Å². The van der Waals surface area contributed by atoms with Gasteiger partial charge in [0.15, 0.2) is 0 Å². The van der Waals surface area contributed by atoms with Crippen molar-refractivity contribution in [3.05, 3.63) is 40.9 Å². The highest BCUT2D eigenvalue weighted by Crippen LogP contribution is 2.11. The number of carbonyl (C=O) groups is 1. The number of amides is 1. The van der Waals surface area contributed by atoms with Gasteiger partial charge in [-0.25, -0.2) is 0 Å². The Balaban J connectivity index is 2.63. The molecule has 2 N–H and O–H groups in total. The first kappa shape index (κ1) is 9.81. The van der Waals surface area contributed by atoms with Gasteiger partial charge in [-0.05, 0) is 17.7 Å². The summed E-state index contributed by atoms with van der Waals surface area (Å²) in [7, 11) is 0. The van der Waals surface area contributed by atoms with E-state index in [1.807, 2.05) is 24.3 Å². The molecule has 0 radical (unpaired) electrons. The van der Waals surface area contributed by atoms with E-state index in [4.69, 9.17) is 17.3 Å². The molecule has 0 unspecified atom stereocenters. The number of hydrogen-bond acceptors (Lipinski definition) is 1. The van der Waals surface area contributed by atoms with Gasteiger partial charge in [-0.2, -0.15) is 0 Å². The summed E-state index contributed by atoms with van der Waals surface area (Å²) in [5.41, 5.74) is 5.94. The zero-order chi connectivity index (χ0) is 9.68. The average molecular weight is 196 g/mol. The number of carbonyl (C=O) groups excluding carboxylic acids is 1. The van der Waals surface area contributed by atoms with Crippen LogP contribution in [0.5, 0.6) is 0 Å². The molecule has 0 heterocycles. The van der Waals surface area contributed by atoms with Crippen LogP contribution in [0, 0.1) is 0 Å². The second-order valence-electron chi connectivity index (χ2n) is 2.63. The first-order chi connectivity index (χ1) is 6.18. The van der Waals surface area contributed by atoms with Crippen molar-refractivity contribution in [3.63, 3.8) is 0 Å². The van der Waals surface area contributed by atoms with Gasteiger partial charge in [0.05, 0.1) is 0 Å². The molecular weight excluding hydrogens is 186 g/mol. The number of benzene rings is 1. The zero-order valence-corrected chi connectivity index (χ0v) is 7.79. The Hall–Kier alpha value is -1.28. The Morgan fingerprint density at radius 2 is 2.31 bits per heavy atom. The molecule has 0 aliphatic carbocycles. The summed E-state index contributed by atoms with van der Waals surface area (Å²) in [5.74, 6) is -0.335. The Morgan fingerprint density at radius 1 is 1.54 bits per heavy atom. The van der Waals surface area contributed by atoms with Crippen LogP contribution in [0.1, 0.15) is 12.0 Å². The van der Waals surface area contributed by atoms with Crippen LogP contribution in [0.3, 0.4) is 0 Å². The lowest BCUT2D eigenvalue weighted by Crippen LogP contribution is -2.07. The molecular formula is C10H10ClNO. The molecule has 0 bridgehead atoms. The second kappa shape index (κ2) is 4.67. The van der Waals surface area contributed by atoms with Gasteiger partial charge in [0.1, 0.15) is 0 Å². The summed E-state index contributed by atoms with van der Waals surface area (Å²) in [4.78, 5) is 10.4. The fourth-order valence-electron chi connectivity index (χ4n) is 0.921. The van der Waals surface area contributed by atoms with Gasteiger partial charge in [0.2, 0.25) is 5.91 Å². The van der Waals surface area contributed by atoms with Crippen LogP contribution in [0.4, 0.5) is 0 Å². The number of hydrogen-bond donors (Lipinski definition) is 1. The molecule has 13 heavy (non-hydrogen) atoms. The predicted octanol–water partition coefficient (Wildman–Crippen LogP) is 2.23. The Labute approximate surface area is 82.0 Å². The van der Waals surface area contributed by atoms with E-state index in [1.165, 1.54) is 0 Å². The first-order valence-electron chi connectivity index (χ1n) is 3.89. The fraction of sp³-hybridized carbons (Fsp3) is 0.100. The minimum Gasteiger partial charge on any atom is -0.369 e. The van der Waals surface area contributed by atoms with Gasteiger partial charge in [-0.15, -0.1) is 0 Å². The monoisotopic (exact) mass is 195 g/mol. The normalized spacial score (nSPS) is 10.5. The quantitative estimate of drug-likeness (QED) is 0.790. The molecule has 3 heteroatoms. The van der Waals surface area contributed by atoms with Crippen molar-refractivity contribution in [2.45, 2.75) is 6.42 Å². The van der Waals surface area contributed by atoms with E-state index in [0.717, 1.165) is 5.56 Å². The molecule has 0 fully saturated rings. The summed E-state index contributed by atoms with van der Waals surface area (Å²) in [5, 5.41) is 0.682. The molecule has 0 saturated heterocycles. The van der Waals surface area contributed by atoms with E-state index in [2.05, 4.69) is 0 Å². The van der Waals surface area contributed by atoms with Crippen molar-refractivity contribution >= 4 is 23.6 Å². The number of primary amides is 1. The number of rotatable bonds is 3.